The number of hydrogen-bond acceptors (Lipinski definition) is 12. The van der Waals surface area contributed by atoms with Crippen molar-refractivity contribution >= 4 is 51.4 Å². The molecule has 69 heavy (non-hydrogen) atoms. The number of hydrogen-bond donors (Lipinski definition) is 6. The molecule has 0 saturated carbocycles. The Morgan fingerprint density at radius 2 is 1.39 bits per heavy atom. The van der Waals surface area contributed by atoms with E-state index in [-0.39, 0.29) is 49.5 Å². The second-order valence-corrected chi connectivity index (χ2v) is 22.3. The molecule has 0 bridgehead atoms. The molecule has 0 spiro atoms. The number of rotatable bonds is 15. The summed E-state index contributed by atoms with van der Waals surface area (Å²) in [6.45, 7) is 21.8. The molecular formula is C50H75N7O11S. The molecule has 0 radical (unpaired) electrons. The number of fused-ring (bicyclic) bond motifs is 1. The standard InChI is InChI=1S/C50H75N7O11S/c1-13-14-15-17-36-44(61)54-35(18-16-25-52-47(51)57-69(64,65)43-30(3)29(2)42-34(31(43)4)28-50(11,12)68-42)39(58)23-24-40(59)53-38(27-41(60)67-49(8,9)10)46(63)56-37(45(62)55-36)26-32-19-21-33(22-20-32)66-48(5,6)7/h19-22,35-38H,13-18,23-28H2,1-12H3,(H,53,59)(H,54,61)(H,55,62)(H,56,63)(H3,51,52,57)/t35-,36-,37+,38-/m1/s1. The number of nitrogens with two attached hydrogens (primary N) is 1. The summed E-state index contributed by atoms with van der Waals surface area (Å²) in [7, 11) is -4.19. The van der Waals surface area contributed by atoms with E-state index in [4.69, 9.17) is 19.9 Å². The molecule has 0 aliphatic carbocycles. The fourth-order valence-electron chi connectivity index (χ4n) is 8.29. The number of guanidine groups is 1. The number of Topliss-reactive ketones (excluding diaryl/α,β-unsaturated/α-hetero) is 1. The maximum Gasteiger partial charge on any atom is 0.308 e. The van der Waals surface area contributed by atoms with Crippen molar-refractivity contribution in [3.05, 3.63) is 52.1 Å². The molecule has 2 aromatic rings. The van der Waals surface area contributed by atoms with Crippen LogP contribution >= 0.6 is 0 Å². The molecule has 1 fully saturated rings. The van der Waals surface area contributed by atoms with Crippen LogP contribution in [0.1, 0.15) is 148 Å². The van der Waals surface area contributed by atoms with Gasteiger partial charge in [0.2, 0.25) is 29.6 Å². The minimum Gasteiger partial charge on any atom is -0.488 e. The Morgan fingerprint density at radius 1 is 0.797 bits per heavy atom. The normalized spacial score (nSPS) is 20.8. The van der Waals surface area contributed by atoms with Crippen molar-refractivity contribution in [3.8, 4) is 11.5 Å². The third kappa shape index (κ3) is 16.7. The number of amides is 4. The monoisotopic (exact) mass is 982 g/mol. The first kappa shape index (κ1) is 55.9. The van der Waals surface area contributed by atoms with Crippen LogP contribution in [0.25, 0.3) is 0 Å². The first-order chi connectivity index (χ1) is 32.0. The fraction of sp³-hybridized carbons (Fsp3) is 0.620. The largest absolute Gasteiger partial charge is 0.488 e. The van der Waals surface area contributed by atoms with E-state index >= 15 is 0 Å². The maximum atomic E-state index is 14.3. The van der Waals surface area contributed by atoms with Gasteiger partial charge in [0.1, 0.15) is 46.4 Å². The third-order valence-electron chi connectivity index (χ3n) is 11.6. The van der Waals surface area contributed by atoms with E-state index in [2.05, 4.69) is 31.0 Å². The summed E-state index contributed by atoms with van der Waals surface area (Å²) in [5.74, 6) is -3.32. The minimum absolute atomic E-state index is 0.0161. The number of esters is 1. The zero-order chi connectivity index (χ0) is 51.6. The zero-order valence-electron chi connectivity index (χ0n) is 42.5. The number of unbranched alkanes of at least 4 members (excludes halogenated alkanes) is 2. The number of aliphatic imine (C=N–C) groups is 1. The number of carbonyl (C=O) groups is 6. The Kier molecular flexibility index (Phi) is 18.8. The molecule has 7 N–H and O–H groups in total. The van der Waals surface area contributed by atoms with Crippen molar-refractivity contribution in [2.24, 2.45) is 10.7 Å². The van der Waals surface area contributed by atoms with Crippen LogP contribution in [0.15, 0.2) is 34.2 Å². The SMILES string of the molecule is CCCCC[C@H]1NC(=O)[C@H](Cc2ccc(OC(C)(C)C)cc2)NC(=O)[C@@H](CC(=O)OC(C)(C)C)NC(=O)CCC(=O)[C@@H](CCCN=C(N)NS(=O)(=O)c2c(C)c(C)c3c(c2C)CC(C)(C)O3)NC1=O. The number of ether oxygens (including phenoxy) is 3. The summed E-state index contributed by atoms with van der Waals surface area (Å²) in [4.78, 5) is 87.2. The number of nitrogens with zero attached hydrogens (tertiary/aromatic N) is 1. The Bertz CT molecular complexity index is 2370. The van der Waals surface area contributed by atoms with E-state index in [0.29, 0.717) is 46.6 Å². The Labute approximate surface area is 407 Å². The van der Waals surface area contributed by atoms with Crippen molar-refractivity contribution in [2.45, 2.75) is 200 Å². The Hall–Kier alpha value is -5.72. The van der Waals surface area contributed by atoms with Crippen molar-refractivity contribution in [1.82, 2.24) is 26.0 Å². The molecule has 0 unspecified atom stereocenters. The quantitative estimate of drug-likeness (QED) is 0.0613. The molecule has 2 heterocycles. The van der Waals surface area contributed by atoms with E-state index in [1.165, 1.54) is 0 Å². The van der Waals surface area contributed by atoms with Crippen molar-refractivity contribution in [3.63, 3.8) is 0 Å². The molecule has 2 aliphatic rings. The van der Waals surface area contributed by atoms with E-state index in [1.54, 1.807) is 58.9 Å². The number of sulfonamides is 1. The number of ketones is 1. The van der Waals surface area contributed by atoms with Gasteiger partial charge in [-0.15, -0.1) is 0 Å². The molecular weight excluding hydrogens is 907 g/mol. The average molecular weight is 982 g/mol. The van der Waals surface area contributed by atoms with Crippen LogP contribution in [0.3, 0.4) is 0 Å². The summed E-state index contributed by atoms with van der Waals surface area (Å²) in [6.07, 6.45) is 1.66. The topological polar surface area (TPSA) is 263 Å². The molecule has 382 valence electrons. The summed E-state index contributed by atoms with van der Waals surface area (Å²) in [5, 5.41) is 10.9. The van der Waals surface area contributed by atoms with Crippen LogP contribution in [0.5, 0.6) is 11.5 Å². The molecule has 4 rings (SSSR count). The summed E-state index contributed by atoms with van der Waals surface area (Å²) in [5.41, 5.74) is 7.52. The molecule has 19 heteroatoms. The van der Waals surface area contributed by atoms with Gasteiger partial charge in [-0.3, -0.25) is 33.8 Å². The lowest BCUT2D eigenvalue weighted by molar-refractivity contribution is -0.156. The molecule has 18 nitrogen and oxygen atoms in total. The van der Waals surface area contributed by atoms with Gasteiger partial charge in [0.05, 0.1) is 17.4 Å². The smallest absolute Gasteiger partial charge is 0.308 e. The fourth-order valence-corrected chi connectivity index (χ4v) is 9.81. The number of nitrogens with one attached hydrogen (secondary N) is 5. The lowest BCUT2D eigenvalue weighted by Gasteiger charge is -2.27. The predicted molar refractivity (Wildman–Crippen MR) is 262 cm³/mol. The second kappa shape index (κ2) is 23.3. The molecule has 1 saturated heterocycles. The van der Waals surface area contributed by atoms with Crippen LogP contribution in [0.2, 0.25) is 0 Å². The number of carbonyl (C=O) groups excluding carboxylic acids is 6. The molecule has 2 aromatic carbocycles. The van der Waals surface area contributed by atoms with Crippen LogP contribution < -0.4 is 41.2 Å². The summed E-state index contributed by atoms with van der Waals surface area (Å²) in [6, 6.07) is 1.93. The van der Waals surface area contributed by atoms with E-state index < -0.39 is 99.2 Å². The van der Waals surface area contributed by atoms with E-state index in [1.807, 2.05) is 48.5 Å². The lowest BCUT2D eigenvalue weighted by Crippen LogP contribution is -2.58. The Morgan fingerprint density at radius 3 is 2.01 bits per heavy atom. The highest BCUT2D eigenvalue weighted by Crippen LogP contribution is 2.43. The summed E-state index contributed by atoms with van der Waals surface area (Å²) >= 11 is 0. The Balaban J connectivity index is 1.60. The molecule has 4 atom stereocenters. The van der Waals surface area contributed by atoms with Crippen LogP contribution in [0, 0.1) is 20.8 Å². The average Bonchev–Trinajstić information content (AvgIpc) is 3.56. The minimum atomic E-state index is -4.19. The second-order valence-electron chi connectivity index (χ2n) is 20.7. The zero-order valence-corrected chi connectivity index (χ0v) is 43.3. The van der Waals surface area contributed by atoms with Crippen molar-refractivity contribution < 1.29 is 51.4 Å². The van der Waals surface area contributed by atoms with Gasteiger partial charge in [0.15, 0.2) is 5.78 Å². The predicted octanol–water partition coefficient (Wildman–Crippen LogP) is 4.73. The van der Waals surface area contributed by atoms with Gasteiger partial charge >= 0.3 is 5.97 Å². The van der Waals surface area contributed by atoms with Crippen LogP contribution in [0.4, 0.5) is 0 Å². The van der Waals surface area contributed by atoms with Gasteiger partial charge in [-0.25, -0.2) is 13.1 Å². The lowest BCUT2D eigenvalue weighted by atomic mass is 9.94. The first-order valence-electron chi connectivity index (χ1n) is 23.9. The highest BCUT2D eigenvalue weighted by atomic mass is 32.2. The van der Waals surface area contributed by atoms with Crippen LogP contribution in [-0.4, -0.2) is 97.3 Å². The van der Waals surface area contributed by atoms with Gasteiger partial charge in [-0.2, -0.15) is 0 Å². The van der Waals surface area contributed by atoms with Gasteiger partial charge in [0.25, 0.3) is 10.0 Å². The molecule has 4 amide bonds. The summed E-state index contributed by atoms with van der Waals surface area (Å²) < 4.78 is 47.5. The van der Waals surface area contributed by atoms with Crippen molar-refractivity contribution in [1.29, 1.82) is 0 Å². The highest BCUT2D eigenvalue weighted by Gasteiger charge is 2.38. The van der Waals surface area contributed by atoms with Gasteiger partial charge in [-0.05, 0) is 130 Å². The van der Waals surface area contributed by atoms with Gasteiger partial charge < -0.3 is 41.2 Å². The molecule has 2 aliphatic heterocycles. The maximum absolute atomic E-state index is 14.3. The third-order valence-corrected chi connectivity index (χ3v) is 13.3. The first-order valence-corrected chi connectivity index (χ1v) is 25.3. The number of benzene rings is 2. The van der Waals surface area contributed by atoms with E-state index in [9.17, 15) is 37.2 Å². The van der Waals surface area contributed by atoms with Gasteiger partial charge in [0, 0.05) is 37.8 Å². The highest BCUT2D eigenvalue weighted by molar-refractivity contribution is 7.90. The molecule has 0 aromatic heterocycles. The van der Waals surface area contributed by atoms with Crippen LogP contribution in [-0.2, 0) is 56.4 Å². The van der Waals surface area contributed by atoms with Crippen molar-refractivity contribution in [2.75, 3.05) is 6.54 Å². The van der Waals surface area contributed by atoms with Gasteiger partial charge in [-0.1, -0.05) is 38.3 Å². The van der Waals surface area contributed by atoms with E-state index in [0.717, 1.165) is 18.4 Å².